The highest BCUT2D eigenvalue weighted by Crippen LogP contribution is 2.33. The van der Waals surface area contributed by atoms with Crippen LogP contribution in [-0.4, -0.2) is 36.1 Å². The van der Waals surface area contributed by atoms with Crippen LogP contribution in [0.5, 0.6) is 0 Å². The van der Waals surface area contributed by atoms with E-state index in [1.807, 2.05) is 0 Å². The van der Waals surface area contributed by atoms with Gasteiger partial charge in [-0.05, 0) is 32.6 Å². The zero-order chi connectivity index (χ0) is 11.8. The fourth-order valence-corrected chi connectivity index (χ4v) is 3.47. The van der Waals surface area contributed by atoms with Crippen LogP contribution in [0.2, 0.25) is 0 Å². The second-order valence-electron chi connectivity index (χ2n) is 5.69. The van der Waals surface area contributed by atoms with Crippen molar-refractivity contribution < 1.29 is 9.53 Å². The molecule has 3 nitrogen and oxygen atoms in total. The Morgan fingerprint density at radius 1 is 1.35 bits per heavy atom. The van der Waals surface area contributed by atoms with Gasteiger partial charge in [-0.1, -0.05) is 12.2 Å². The van der Waals surface area contributed by atoms with Gasteiger partial charge in [0.05, 0.1) is 12.2 Å². The minimum atomic E-state index is 0.228. The van der Waals surface area contributed by atoms with Crippen molar-refractivity contribution in [1.29, 1.82) is 0 Å². The molecule has 0 saturated carbocycles. The molecule has 0 unspecified atom stereocenters. The predicted molar refractivity (Wildman–Crippen MR) is 65.5 cm³/mol. The highest BCUT2D eigenvalue weighted by atomic mass is 16.5. The summed E-state index contributed by atoms with van der Waals surface area (Å²) < 4.78 is 5.87. The Kier molecular flexibility index (Phi) is 2.95. The largest absolute Gasteiger partial charge is 0.375 e. The van der Waals surface area contributed by atoms with Crippen molar-refractivity contribution in [3.8, 4) is 0 Å². The molecule has 3 rings (SSSR count). The Hall–Kier alpha value is -0.830. The van der Waals surface area contributed by atoms with Crippen molar-refractivity contribution in [3.05, 3.63) is 12.2 Å². The molecule has 0 spiro atoms. The van der Waals surface area contributed by atoms with Crippen LogP contribution in [0.1, 0.15) is 32.6 Å². The first kappa shape index (κ1) is 11.3. The Balaban J connectivity index is 1.60. The van der Waals surface area contributed by atoms with E-state index >= 15 is 0 Å². The van der Waals surface area contributed by atoms with Gasteiger partial charge in [0.1, 0.15) is 0 Å². The van der Waals surface area contributed by atoms with Crippen molar-refractivity contribution in [2.24, 2.45) is 11.8 Å². The number of rotatable bonds is 1. The monoisotopic (exact) mass is 235 g/mol. The van der Waals surface area contributed by atoms with Crippen molar-refractivity contribution in [1.82, 2.24) is 4.90 Å². The number of piperidine rings is 1. The SMILES string of the molecule is C[C@H]1C[C@H]2CN(C(=O)C3CC=CC3)CC[C@@H]2O1. The molecule has 94 valence electrons. The molecule has 2 heterocycles. The first-order valence-electron chi connectivity index (χ1n) is 6.83. The number of carbonyl (C=O) groups excluding carboxylic acids is 1. The molecule has 0 bridgehead atoms. The van der Waals surface area contributed by atoms with Gasteiger partial charge in [-0.15, -0.1) is 0 Å². The highest BCUT2D eigenvalue weighted by Gasteiger charge is 2.39. The van der Waals surface area contributed by atoms with E-state index < -0.39 is 0 Å². The van der Waals surface area contributed by atoms with Crippen molar-refractivity contribution >= 4 is 5.91 Å². The molecule has 2 saturated heterocycles. The molecule has 0 aromatic rings. The van der Waals surface area contributed by atoms with Crippen LogP contribution in [0.15, 0.2) is 12.2 Å². The number of likely N-dealkylation sites (tertiary alicyclic amines) is 1. The first-order chi connectivity index (χ1) is 8.24. The molecular weight excluding hydrogens is 214 g/mol. The summed E-state index contributed by atoms with van der Waals surface area (Å²) in [5.41, 5.74) is 0. The lowest BCUT2D eigenvalue weighted by molar-refractivity contribution is -0.138. The average Bonchev–Trinajstić information content (AvgIpc) is 2.94. The average molecular weight is 235 g/mol. The molecule has 3 heteroatoms. The van der Waals surface area contributed by atoms with Crippen LogP contribution in [0.3, 0.4) is 0 Å². The lowest BCUT2D eigenvalue weighted by Gasteiger charge is -2.35. The van der Waals surface area contributed by atoms with Gasteiger partial charge in [0, 0.05) is 24.9 Å². The van der Waals surface area contributed by atoms with E-state index in [1.54, 1.807) is 0 Å². The predicted octanol–water partition coefficient (Wildman–Crippen LogP) is 1.98. The minimum Gasteiger partial charge on any atom is -0.375 e. The van der Waals surface area contributed by atoms with Crippen molar-refractivity contribution in [2.75, 3.05) is 13.1 Å². The molecule has 17 heavy (non-hydrogen) atoms. The number of fused-ring (bicyclic) bond motifs is 1. The zero-order valence-corrected chi connectivity index (χ0v) is 10.5. The second kappa shape index (κ2) is 4.45. The van der Waals surface area contributed by atoms with Gasteiger partial charge in [-0.3, -0.25) is 4.79 Å². The maximum absolute atomic E-state index is 12.3. The van der Waals surface area contributed by atoms with Crippen LogP contribution in [0.25, 0.3) is 0 Å². The molecule has 1 aliphatic carbocycles. The van der Waals surface area contributed by atoms with E-state index in [1.165, 1.54) is 0 Å². The van der Waals surface area contributed by atoms with E-state index in [0.717, 1.165) is 38.8 Å². The van der Waals surface area contributed by atoms with Gasteiger partial charge in [0.2, 0.25) is 5.91 Å². The second-order valence-corrected chi connectivity index (χ2v) is 5.69. The fraction of sp³-hybridized carbons (Fsp3) is 0.786. The topological polar surface area (TPSA) is 29.5 Å². The van der Waals surface area contributed by atoms with E-state index in [9.17, 15) is 4.79 Å². The van der Waals surface area contributed by atoms with Gasteiger partial charge >= 0.3 is 0 Å². The van der Waals surface area contributed by atoms with E-state index in [4.69, 9.17) is 4.74 Å². The standard InChI is InChI=1S/C14H21NO2/c1-10-8-12-9-15(7-6-13(12)17-10)14(16)11-4-2-3-5-11/h2-3,10-13H,4-9H2,1H3/t10-,12-,13-/m0/s1. The zero-order valence-electron chi connectivity index (χ0n) is 10.5. The molecule has 1 amide bonds. The van der Waals surface area contributed by atoms with E-state index in [2.05, 4.69) is 24.0 Å². The van der Waals surface area contributed by atoms with Gasteiger partial charge in [0.25, 0.3) is 0 Å². The van der Waals surface area contributed by atoms with Gasteiger partial charge < -0.3 is 9.64 Å². The molecular formula is C14H21NO2. The Labute approximate surface area is 103 Å². The number of carbonyl (C=O) groups is 1. The summed E-state index contributed by atoms with van der Waals surface area (Å²) in [6.45, 7) is 3.96. The molecule has 0 aromatic carbocycles. The van der Waals surface area contributed by atoms with Gasteiger partial charge in [-0.2, -0.15) is 0 Å². The van der Waals surface area contributed by atoms with E-state index in [-0.39, 0.29) is 5.92 Å². The summed E-state index contributed by atoms with van der Waals surface area (Å²) in [5.74, 6) is 1.18. The number of ether oxygens (including phenoxy) is 1. The fourth-order valence-electron chi connectivity index (χ4n) is 3.47. The van der Waals surface area contributed by atoms with Crippen LogP contribution < -0.4 is 0 Å². The minimum absolute atomic E-state index is 0.228. The maximum Gasteiger partial charge on any atom is 0.226 e. The quantitative estimate of drug-likeness (QED) is 0.650. The highest BCUT2D eigenvalue weighted by molar-refractivity contribution is 5.79. The number of allylic oxidation sites excluding steroid dienone is 2. The Bertz CT molecular complexity index is 331. The number of nitrogens with zero attached hydrogens (tertiary/aromatic N) is 1. The molecule has 2 fully saturated rings. The lowest BCUT2D eigenvalue weighted by atomic mass is 9.92. The van der Waals surface area contributed by atoms with Crippen molar-refractivity contribution in [3.63, 3.8) is 0 Å². The summed E-state index contributed by atoms with van der Waals surface area (Å²) in [6.07, 6.45) is 9.10. The summed E-state index contributed by atoms with van der Waals surface area (Å²) in [7, 11) is 0. The van der Waals surface area contributed by atoms with Crippen LogP contribution in [-0.2, 0) is 9.53 Å². The molecule has 3 aliphatic rings. The molecule has 0 N–H and O–H groups in total. The van der Waals surface area contributed by atoms with Crippen LogP contribution in [0.4, 0.5) is 0 Å². The number of amides is 1. The molecule has 2 aliphatic heterocycles. The third kappa shape index (κ3) is 2.13. The summed E-state index contributed by atoms with van der Waals surface area (Å²) >= 11 is 0. The number of hydrogen-bond acceptors (Lipinski definition) is 2. The third-order valence-electron chi connectivity index (χ3n) is 4.37. The van der Waals surface area contributed by atoms with Crippen molar-refractivity contribution in [2.45, 2.75) is 44.8 Å². The Morgan fingerprint density at radius 2 is 2.12 bits per heavy atom. The van der Waals surface area contributed by atoms with Gasteiger partial charge in [-0.25, -0.2) is 0 Å². The molecule has 0 radical (unpaired) electrons. The Morgan fingerprint density at radius 3 is 2.88 bits per heavy atom. The summed E-state index contributed by atoms with van der Waals surface area (Å²) in [4.78, 5) is 14.4. The maximum atomic E-state index is 12.3. The van der Waals surface area contributed by atoms with E-state index in [0.29, 0.717) is 24.0 Å². The lowest BCUT2D eigenvalue weighted by Crippen LogP contribution is -2.46. The normalized spacial score (nSPS) is 37.5. The third-order valence-corrected chi connectivity index (χ3v) is 4.37. The van der Waals surface area contributed by atoms with Crippen LogP contribution >= 0.6 is 0 Å². The van der Waals surface area contributed by atoms with Crippen LogP contribution in [0, 0.1) is 11.8 Å². The molecule has 3 atom stereocenters. The summed E-state index contributed by atoms with van der Waals surface area (Å²) in [5, 5.41) is 0. The molecule has 0 aromatic heterocycles. The smallest absolute Gasteiger partial charge is 0.226 e. The number of hydrogen-bond donors (Lipinski definition) is 0. The van der Waals surface area contributed by atoms with Gasteiger partial charge in [0.15, 0.2) is 0 Å². The summed E-state index contributed by atoms with van der Waals surface area (Å²) in [6, 6.07) is 0. The first-order valence-corrected chi connectivity index (χ1v) is 6.83.